The first-order chi connectivity index (χ1) is 14.6. The zero-order valence-electron chi connectivity index (χ0n) is 17.9. The second kappa shape index (κ2) is 10.8. The molecular formula is C23H30FN3O3. The molecule has 0 spiro atoms. The number of guanidine groups is 1. The van der Waals surface area contributed by atoms with Crippen molar-refractivity contribution in [3.05, 3.63) is 58.4 Å². The van der Waals surface area contributed by atoms with Gasteiger partial charge in [0, 0.05) is 31.3 Å². The highest BCUT2D eigenvalue weighted by Gasteiger charge is 2.16. The van der Waals surface area contributed by atoms with Gasteiger partial charge in [-0.1, -0.05) is 19.1 Å². The molecule has 3 rings (SSSR count). The minimum atomic E-state index is -0.278. The van der Waals surface area contributed by atoms with Gasteiger partial charge >= 0.3 is 0 Å². The van der Waals surface area contributed by atoms with E-state index in [-0.39, 0.29) is 12.6 Å². The van der Waals surface area contributed by atoms with Crippen molar-refractivity contribution in [3.8, 4) is 11.5 Å². The summed E-state index contributed by atoms with van der Waals surface area (Å²) in [7, 11) is 1.73. The van der Waals surface area contributed by atoms with Crippen LogP contribution in [0.25, 0.3) is 0 Å². The number of hydrogen-bond donors (Lipinski definition) is 2. The fourth-order valence-electron chi connectivity index (χ4n) is 3.31. The lowest BCUT2D eigenvalue weighted by Crippen LogP contribution is -2.38. The van der Waals surface area contributed by atoms with Crippen molar-refractivity contribution in [3.63, 3.8) is 0 Å². The van der Waals surface area contributed by atoms with Crippen molar-refractivity contribution in [2.24, 2.45) is 4.99 Å². The molecule has 0 atom stereocenters. The van der Waals surface area contributed by atoms with E-state index < -0.39 is 0 Å². The Kier molecular flexibility index (Phi) is 7.90. The van der Waals surface area contributed by atoms with E-state index in [0.29, 0.717) is 38.7 Å². The summed E-state index contributed by atoms with van der Waals surface area (Å²) in [6, 6.07) is 9.18. The molecule has 2 N–H and O–H groups in total. The van der Waals surface area contributed by atoms with E-state index in [0.717, 1.165) is 34.6 Å². The minimum Gasteiger partial charge on any atom is -0.493 e. The van der Waals surface area contributed by atoms with E-state index in [1.54, 1.807) is 7.05 Å². The molecule has 0 amide bonds. The number of hydrogen-bond acceptors (Lipinski definition) is 4. The van der Waals surface area contributed by atoms with Crippen LogP contribution in [-0.2, 0) is 24.3 Å². The average Bonchev–Trinajstić information content (AvgIpc) is 2.75. The second-order valence-electron chi connectivity index (χ2n) is 7.23. The van der Waals surface area contributed by atoms with Crippen molar-refractivity contribution in [1.82, 2.24) is 10.6 Å². The molecule has 2 aromatic carbocycles. The Morgan fingerprint density at radius 2 is 2.07 bits per heavy atom. The normalized spacial score (nSPS) is 13.4. The lowest BCUT2D eigenvalue weighted by molar-refractivity contribution is -0.0172. The zero-order valence-corrected chi connectivity index (χ0v) is 17.9. The van der Waals surface area contributed by atoms with Gasteiger partial charge in [0.25, 0.3) is 0 Å². The van der Waals surface area contributed by atoms with E-state index in [4.69, 9.17) is 14.2 Å². The largest absolute Gasteiger partial charge is 0.493 e. The minimum absolute atomic E-state index is 0.196. The molecule has 0 unspecified atom stereocenters. The average molecular weight is 416 g/mol. The summed E-state index contributed by atoms with van der Waals surface area (Å²) in [4.78, 5) is 4.28. The fraction of sp³-hybridized carbons (Fsp3) is 0.435. The first kappa shape index (κ1) is 21.9. The van der Waals surface area contributed by atoms with Crippen LogP contribution < -0.4 is 20.1 Å². The van der Waals surface area contributed by atoms with Crippen LogP contribution in [0.4, 0.5) is 4.39 Å². The quantitative estimate of drug-likeness (QED) is 0.509. The van der Waals surface area contributed by atoms with Gasteiger partial charge in [-0.05, 0) is 49.1 Å². The SMILES string of the molecule is CCCOc1cc(C)ccc1CNC(=NC)NCCc1cc(F)cc2c1OCOC2. The maximum atomic E-state index is 13.9. The Bertz CT molecular complexity index is 886. The number of aryl methyl sites for hydroxylation is 1. The van der Waals surface area contributed by atoms with E-state index in [1.165, 1.54) is 17.7 Å². The number of rotatable bonds is 8. The van der Waals surface area contributed by atoms with E-state index in [1.807, 2.05) is 0 Å². The highest BCUT2D eigenvalue weighted by atomic mass is 19.1. The summed E-state index contributed by atoms with van der Waals surface area (Å²) in [5.74, 6) is 2.02. The van der Waals surface area contributed by atoms with Crippen LogP contribution in [0.15, 0.2) is 35.3 Å². The Morgan fingerprint density at radius 1 is 1.20 bits per heavy atom. The van der Waals surface area contributed by atoms with Crippen molar-refractivity contribution >= 4 is 5.96 Å². The summed E-state index contributed by atoms with van der Waals surface area (Å²) in [6.45, 7) is 6.58. The van der Waals surface area contributed by atoms with Crippen molar-refractivity contribution in [1.29, 1.82) is 0 Å². The summed E-state index contributed by atoms with van der Waals surface area (Å²) in [5.41, 5.74) is 3.81. The summed E-state index contributed by atoms with van der Waals surface area (Å²) < 4.78 is 30.6. The van der Waals surface area contributed by atoms with Crippen LogP contribution >= 0.6 is 0 Å². The highest BCUT2D eigenvalue weighted by Crippen LogP contribution is 2.29. The number of nitrogens with one attached hydrogen (secondary N) is 2. The molecule has 0 aromatic heterocycles. The third-order valence-corrected chi connectivity index (χ3v) is 4.79. The van der Waals surface area contributed by atoms with Crippen LogP contribution in [0.1, 0.15) is 35.6 Å². The molecule has 0 radical (unpaired) electrons. The monoisotopic (exact) mass is 415 g/mol. The van der Waals surface area contributed by atoms with Crippen LogP contribution in [0.3, 0.4) is 0 Å². The molecule has 162 valence electrons. The van der Waals surface area contributed by atoms with Crippen LogP contribution in [0.2, 0.25) is 0 Å². The van der Waals surface area contributed by atoms with Gasteiger partial charge in [0.1, 0.15) is 17.3 Å². The molecule has 0 aliphatic carbocycles. The van der Waals surface area contributed by atoms with E-state index in [9.17, 15) is 4.39 Å². The van der Waals surface area contributed by atoms with Gasteiger partial charge in [0.2, 0.25) is 0 Å². The zero-order chi connectivity index (χ0) is 21.3. The first-order valence-electron chi connectivity index (χ1n) is 10.3. The van der Waals surface area contributed by atoms with Gasteiger partial charge in [-0.15, -0.1) is 0 Å². The van der Waals surface area contributed by atoms with Crippen molar-refractivity contribution in [2.75, 3.05) is 27.0 Å². The van der Waals surface area contributed by atoms with Gasteiger partial charge in [-0.25, -0.2) is 4.39 Å². The first-order valence-corrected chi connectivity index (χ1v) is 10.3. The standard InChI is InChI=1S/C23H30FN3O3/c1-4-9-29-21-10-16(2)5-6-18(21)13-27-23(25-3)26-8-7-17-11-20(24)12-19-14-28-15-30-22(17)19/h5-6,10-12H,4,7-9,13-15H2,1-3H3,(H2,25,26,27). The number of benzene rings is 2. The van der Waals surface area contributed by atoms with Crippen molar-refractivity contribution in [2.45, 2.75) is 39.8 Å². The Morgan fingerprint density at radius 3 is 2.87 bits per heavy atom. The Labute approximate surface area is 177 Å². The maximum Gasteiger partial charge on any atom is 0.191 e. The molecule has 2 aromatic rings. The smallest absolute Gasteiger partial charge is 0.191 e. The van der Waals surface area contributed by atoms with E-state index in [2.05, 4.69) is 47.7 Å². The molecule has 0 saturated carbocycles. The number of halogens is 1. The molecule has 0 fully saturated rings. The van der Waals surface area contributed by atoms with Crippen LogP contribution in [0.5, 0.6) is 11.5 Å². The third-order valence-electron chi connectivity index (χ3n) is 4.79. The number of ether oxygens (including phenoxy) is 3. The van der Waals surface area contributed by atoms with Gasteiger partial charge in [0.05, 0.1) is 13.2 Å². The predicted octanol–water partition coefficient (Wildman–Crippen LogP) is 3.70. The number of nitrogens with zero attached hydrogens (tertiary/aromatic N) is 1. The summed E-state index contributed by atoms with van der Waals surface area (Å²) in [6.07, 6.45) is 1.57. The molecule has 1 aliphatic heterocycles. The highest BCUT2D eigenvalue weighted by molar-refractivity contribution is 5.79. The van der Waals surface area contributed by atoms with Crippen molar-refractivity contribution < 1.29 is 18.6 Å². The molecule has 1 aliphatic rings. The van der Waals surface area contributed by atoms with E-state index >= 15 is 0 Å². The molecule has 0 saturated heterocycles. The second-order valence-corrected chi connectivity index (χ2v) is 7.23. The summed E-state index contributed by atoms with van der Waals surface area (Å²) >= 11 is 0. The number of aliphatic imine (C=N–C) groups is 1. The van der Waals surface area contributed by atoms with Gasteiger partial charge < -0.3 is 24.8 Å². The molecule has 0 bridgehead atoms. The predicted molar refractivity (Wildman–Crippen MR) is 116 cm³/mol. The van der Waals surface area contributed by atoms with Gasteiger partial charge in [-0.2, -0.15) is 0 Å². The Hall–Kier alpha value is -2.80. The summed E-state index contributed by atoms with van der Waals surface area (Å²) in [5, 5.41) is 6.59. The topological polar surface area (TPSA) is 64.1 Å². The Balaban J connectivity index is 1.56. The van der Waals surface area contributed by atoms with Gasteiger partial charge in [-0.3, -0.25) is 4.99 Å². The fourth-order valence-corrected chi connectivity index (χ4v) is 3.31. The molecule has 1 heterocycles. The molecule has 30 heavy (non-hydrogen) atoms. The molecule has 6 nitrogen and oxygen atoms in total. The molecule has 7 heteroatoms. The maximum absolute atomic E-state index is 13.9. The third kappa shape index (κ3) is 5.86. The van der Waals surface area contributed by atoms with Gasteiger partial charge in [0.15, 0.2) is 12.8 Å². The van der Waals surface area contributed by atoms with Crippen LogP contribution in [0, 0.1) is 12.7 Å². The lowest BCUT2D eigenvalue weighted by atomic mass is 10.1. The molecular weight excluding hydrogens is 385 g/mol. The van der Waals surface area contributed by atoms with Crippen LogP contribution in [-0.4, -0.2) is 33.0 Å². The number of fused-ring (bicyclic) bond motifs is 1. The lowest BCUT2D eigenvalue weighted by Gasteiger charge is -2.21.